The summed E-state index contributed by atoms with van der Waals surface area (Å²) in [4.78, 5) is 37.3. The lowest BCUT2D eigenvalue weighted by atomic mass is 10.0. The van der Waals surface area contributed by atoms with Crippen LogP contribution in [0.1, 0.15) is 290 Å². The summed E-state index contributed by atoms with van der Waals surface area (Å²) in [6.45, 7) is 4.70. The number of carbonyl (C=O) groups is 3. The molecule has 0 spiro atoms. The Morgan fingerprint density at radius 2 is 0.824 bits per heavy atom. The SMILES string of the molecule is CC/C=C/C/C=C/CCCCCCCCCCCCCCCCC(=O)OC(COCCC(C(=O)O)[N+](C)(C)C)COC(=O)CCCCCCCCCCCCCCCCCCCCCCCCC. The number of carboxylic acids is 1. The summed E-state index contributed by atoms with van der Waals surface area (Å²) < 4.78 is 17.4. The molecule has 0 radical (unpaired) electrons. The molecule has 0 saturated carbocycles. The molecule has 0 aromatic heterocycles. The van der Waals surface area contributed by atoms with Gasteiger partial charge in [0.05, 0.1) is 34.4 Å². The number of unbranched alkanes of at least 4 members (excludes halogenated alkanes) is 36. The van der Waals surface area contributed by atoms with Crippen molar-refractivity contribution >= 4 is 17.9 Å². The molecule has 0 aliphatic heterocycles. The van der Waals surface area contributed by atoms with Crippen molar-refractivity contribution < 1.29 is 38.2 Å². The molecular formula is C60H114NO7+. The van der Waals surface area contributed by atoms with Crippen molar-refractivity contribution in [3.8, 4) is 0 Å². The number of hydrogen-bond donors (Lipinski definition) is 1. The van der Waals surface area contributed by atoms with E-state index in [0.717, 1.165) is 51.4 Å². The topological polar surface area (TPSA) is 99.1 Å². The minimum Gasteiger partial charge on any atom is -0.477 e. The first-order valence-corrected chi connectivity index (χ1v) is 29.4. The number of rotatable bonds is 54. The molecule has 0 fully saturated rings. The van der Waals surface area contributed by atoms with Crippen LogP contribution >= 0.6 is 0 Å². The highest BCUT2D eigenvalue weighted by atomic mass is 16.6. The lowest BCUT2D eigenvalue weighted by Gasteiger charge is -2.31. The predicted molar refractivity (Wildman–Crippen MR) is 289 cm³/mol. The van der Waals surface area contributed by atoms with Crippen LogP contribution < -0.4 is 0 Å². The predicted octanol–water partition coefficient (Wildman–Crippen LogP) is 17.5. The van der Waals surface area contributed by atoms with Gasteiger partial charge >= 0.3 is 17.9 Å². The van der Waals surface area contributed by atoms with Gasteiger partial charge in [0, 0.05) is 19.3 Å². The molecule has 0 aromatic rings. The summed E-state index contributed by atoms with van der Waals surface area (Å²) in [5.41, 5.74) is 0. The Morgan fingerprint density at radius 3 is 1.21 bits per heavy atom. The van der Waals surface area contributed by atoms with Gasteiger partial charge in [-0.3, -0.25) is 9.59 Å². The minimum atomic E-state index is -0.870. The average Bonchev–Trinajstić information content (AvgIpc) is 3.30. The summed E-state index contributed by atoms with van der Waals surface area (Å²) in [5.74, 6) is -1.44. The van der Waals surface area contributed by atoms with E-state index in [-0.39, 0.29) is 36.2 Å². The van der Waals surface area contributed by atoms with E-state index in [4.69, 9.17) is 14.2 Å². The van der Waals surface area contributed by atoms with Gasteiger partial charge in [-0.1, -0.05) is 256 Å². The van der Waals surface area contributed by atoms with Gasteiger partial charge in [-0.05, 0) is 38.5 Å². The van der Waals surface area contributed by atoms with Crippen LogP contribution in [-0.4, -0.2) is 80.6 Å². The fourth-order valence-corrected chi connectivity index (χ4v) is 9.13. The van der Waals surface area contributed by atoms with Gasteiger partial charge in [0.1, 0.15) is 6.61 Å². The zero-order valence-electron chi connectivity index (χ0n) is 45.8. The van der Waals surface area contributed by atoms with Gasteiger partial charge in [0.25, 0.3) is 0 Å². The van der Waals surface area contributed by atoms with Gasteiger partial charge in [-0.2, -0.15) is 0 Å². The molecule has 400 valence electrons. The number of allylic oxidation sites excluding steroid dienone is 4. The van der Waals surface area contributed by atoms with E-state index in [0.29, 0.717) is 19.3 Å². The standard InChI is InChI=1S/C60H113NO7/c1-6-8-10-12-14-16-18-20-22-24-26-28-29-31-32-34-36-38-40-42-44-46-48-50-58(62)67-55-56(54-66-53-52-57(60(64)65)61(3,4)5)68-59(63)51-49-47-45-43-41-39-37-35-33-30-27-25-23-21-19-17-15-13-11-9-7-2/h9,11,15,17,56-57H,6-8,10,12-14,16,18-55H2,1-5H3/p+1/b11-9+,17-15+. The Kier molecular flexibility index (Phi) is 49.5. The molecule has 0 heterocycles. The smallest absolute Gasteiger partial charge is 0.362 e. The van der Waals surface area contributed by atoms with Crippen molar-refractivity contribution in [2.24, 2.45) is 0 Å². The second-order valence-corrected chi connectivity index (χ2v) is 21.2. The molecule has 0 aliphatic rings. The fourth-order valence-electron chi connectivity index (χ4n) is 9.13. The molecule has 0 aliphatic carbocycles. The van der Waals surface area contributed by atoms with Gasteiger partial charge in [0.2, 0.25) is 0 Å². The molecule has 0 aromatic carbocycles. The van der Waals surface area contributed by atoms with Gasteiger partial charge in [-0.25, -0.2) is 4.79 Å². The van der Waals surface area contributed by atoms with Crippen LogP contribution in [0.3, 0.4) is 0 Å². The van der Waals surface area contributed by atoms with Crippen LogP contribution in [0.5, 0.6) is 0 Å². The first-order valence-electron chi connectivity index (χ1n) is 29.4. The maximum atomic E-state index is 12.8. The van der Waals surface area contributed by atoms with Crippen LogP contribution in [-0.2, 0) is 28.6 Å². The molecular weight excluding hydrogens is 847 g/mol. The molecule has 2 atom stereocenters. The van der Waals surface area contributed by atoms with E-state index in [1.54, 1.807) is 0 Å². The van der Waals surface area contributed by atoms with Crippen molar-refractivity contribution in [2.75, 3.05) is 41.0 Å². The fraction of sp³-hybridized carbons (Fsp3) is 0.883. The molecule has 2 unspecified atom stereocenters. The quantitative estimate of drug-likeness (QED) is 0.0281. The van der Waals surface area contributed by atoms with Gasteiger partial charge in [0.15, 0.2) is 12.1 Å². The number of likely N-dealkylation sites (N-methyl/N-ethyl adjacent to an activating group) is 1. The van der Waals surface area contributed by atoms with Gasteiger partial charge in [-0.15, -0.1) is 0 Å². The zero-order chi connectivity index (χ0) is 49.9. The molecule has 68 heavy (non-hydrogen) atoms. The van der Waals surface area contributed by atoms with Crippen molar-refractivity contribution in [1.82, 2.24) is 0 Å². The Hall–Kier alpha value is -2.19. The van der Waals surface area contributed by atoms with Crippen LogP contribution in [0.15, 0.2) is 24.3 Å². The van der Waals surface area contributed by atoms with Crippen molar-refractivity contribution in [3.63, 3.8) is 0 Å². The molecule has 0 bridgehead atoms. The van der Waals surface area contributed by atoms with Crippen molar-refractivity contribution in [3.05, 3.63) is 24.3 Å². The minimum absolute atomic E-state index is 0.0446. The number of quaternary nitrogens is 1. The Morgan fingerprint density at radius 1 is 0.456 bits per heavy atom. The summed E-state index contributed by atoms with van der Waals surface area (Å²) in [5, 5.41) is 9.68. The second-order valence-electron chi connectivity index (χ2n) is 21.2. The number of esters is 2. The monoisotopic (exact) mass is 961 g/mol. The summed E-state index contributed by atoms with van der Waals surface area (Å²) in [7, 11) is 5.56. The lowest BCUT2D eigenvalue weighted by Crippen LogP contribution is -2.50. The highest BCUT2D eigenvalue weighted by molar-refractivity contribution is 5.72. The molecule has 0 amide bonds. The largest absolute Gasteiger partial charge is 0.477 e. The Balaban J connectivity index is 4.10. The van der Waals surface area contributed by atoms with Crippen LogP contribution in [0.2, 0.25) is 0 Å². The maximum absolute atomic E-state index is 12.8. The molecule has 8 heteroatoms. The maximum Gasteiger partial charge on any atom is 0.362 e. The molecule has 0 rings (SSSR count). The summed E-state index contributed by atoms with van der Waals surface area (Å²) in [6.07, 6.45) is 61.0. The molecule has 0 saturated heterocycles. The first kappa shape index (κ1) is 65.8. The lowest BCUT2D eigenvalue weighted by molar-refractivity contribution is -0.887. The van der Waals surface area contributed by atoms with E-state index in [1.165, 1.54) is 205 Å². The highest BCUT2D eigenvalue weighted by Gasteiger charge is 2.31. The van der Waals surface area contributed by atoms with Crippen molar-refractivity contribution in [2.45, 2.75) is 302 Å². The van der Waals surface area contributed by atoms with E-state index >= 15 is 0 Å². The van der Waals surface area contributed by atoms with E-state index in [1.807, 2.05) is 21.1 Å². The number of carbonyl (C=O) groups excluding carboxylic acids is 2. The Labute approximate surface area is 421 Å². The average molecular weight is 962 g/mol. The normalized spacial score (nSPS) is 12.9. The number of aliphatic carboxylic acids is 1. The number of nitrogens with zero attached hydrogens (tertiary/aromatic N) is 1. The summed E-state index contributed by atoms with van der Waals surface area (Å²) in [6, 6.07) is -0.612. The highest BCUT2D eigenvalue weighted by Crippen LogP contribution is 2.18. The third-order valence-electron chi connectivity index (χ3n) is 13.6. The second kappa shape index (κ2) is 51.2. The molecule has 8 nitrogen and oxygen atoms in total. The van der Waals surface area contributed by atoms with Gasteiger partial charge < -0.3 is 23.8 Å². The zero-order valence-corrected chi connectivity index (χ0v) is 45.8. The van der Waals surface area contributed by atoms with Crippen LogP contribution in [0, 0.1) is 0 Å². The Bertz CT molecular complexity index is 1160. The van der Waals surface area contributed by atoms with E-state index in [2.05, 4.69) is 38.2 Å². The van der Waals surface area contributed by atoms with Crippen LogP contribution in [0.25, 0.3) is 0 Å². The van der Waals surface area contributed by atoms with Crippen molar-refractivity contribution in [1.29, 1.82) is 0 Å². The molecule has 1 N–H and O–H groups in total. The number of carboxylic acid groups (broad SMARTS) is 1. The number of ether oxygens (including phenoxy) is 3. The van der Waals surface area contributed by atoms with Crippen LogP contribution in [0.4, 0.5) is 0 Å². The third kappa shape index (κ3) is 48.8. The van der Waals surface area contributed by atoms with E-state index in [9.17, 15) is 19.5 Å². The third-order valence-corrected chi connectivity index (χ3v) is 13.6. The summed E-state index contributed by atoms with van der Waals surface area (Å²) >= 11 is 0. The van der Waals surface area contributed by atoms with E-state index < -0.39 is 18.1 Å². The first-order chi connectivity index (χ1) is 33.1. The number of hydrogen-bond acceptors (Lipinski definition) is 6.